The van der Waals surface area contributed by atoms with Gasteiger partial charge in [0.05, 0.1) is 39.1 Å². The summed E-state index contributed by atoms with van der Waals surface area (Å²) in [5, 5.41) is 0. The van der Waals surface area contributed by atoms with Gasteiger partial charge in [-0.2, -0.15) is 0 Å². The van der Waals surface area contributed by atoms with E-state index in [2.05, 4.69) is 18.3 Å². The summed E-state index contributed by atoms with van der Waals surface area (Å²) in [5.74, 6) is -0.334. The van der Waals surface area contributed by atoms with Crippen molar-refractivity contribution in [2.45, 2.75) is 32.4 Å². The molecule has 0 saturated heterocycles. The average Bonchev–Trinajstić information content (AvgIpc) is 2.57. The van der Waals surface area contributed by atoms with Crippen LogP contribution >= 0.6 is 7.82 Å². The van der Waals surface area contributed by atoms with Gasteiger partial charge in [-0.1, -0.05) is 6.08 Å². The zero-order valence-electron chi connectivity index (χ0n) is 14.9. The van der Waals surface area contributed by atoms with Gasteiger partial charge < -0.3 is 15.2 Å². The van der Waals surface area contributed by atoms with E-state index in [1.807, 2.05) is 0 Å². The number of carbonyl (C=O) groups is 1. The minimum absolute atomic E-state index is 0.0125. The molecule has 0 fully saturated rings. The van der Waals surface area contributed by atoms with Crippen molar-refractivity contribution >= 4 is 20.5 Å². The number of esters is 1. The van der Waals surface area contributed by atoms with Gasteiger partial charge in [0.2, 0.25) is 0 Å². The lowest BCUT2D eigenvalue weighted by molar-refractivity contribution is -0.146. The Balaban J connectivity index is 4.23. The number of rotatable bonds is 16. The van der Waals surface area contributed by atoms with Crippen molar-refractivity contribution in [3.63, 3.8) is 0 Å². The molecule has 0 aliphatic rings. The Morgan fingerprint density at radius 1 is 1.28 bits per heavy atom. The molecule has 0 bridgehead atoms. The lowest BCUT2D eigenvalue weighted by atomic mass is 10.3. The number of carbonyl (C=O) groups excluding carboxylic acids is 1. The molecule has 0 aromatic rings. The highest BCUT2D eigenvalue weighted by Gasteiger charge is 2.27. The van der Waals surface area contributed by atoms with Crippen molar-refractivity contribution in [1.82, 2.24) is 0 Å². The van der Waals surface area contributed by atoms with E-state index < -0.39 is 13.9 Å². The standard InChI is InChI=1S/C15H29N2O7P/c1-5-8-21-25(19,22-10-7-16)23-12-15(17-4)11-20-9-6-13(2)24-14(3)18/h5,13,15H,1,4,6-12,16H2,2-3H3/t13-,15-,25?/m1/s1. The number of phosphoric ester groups is 1. The Hall–Kier alpha value is -1.09. The lowest BCUT2D eigenvalue weighted by Gasteiger charge is -2.19. The van der Waals surface area contributed by atoms with Gasteiger partial charge in [-0.05, 0) is 13.6 Å². The molecule has 3 atom stereocenters. The highest BCUT2D eigenvalue weighted by molar-refractivity contribution is 7.48. The molecule has 0 radical (unpaired) electrons. The van der Waals surface area contributed by atoms with Crippen molar-refractivity contribution in [2.24, 2.45) is 10.7 Å². The first-order valence-electron chi connectivity index (χ1n) is 7.92. The molecule has 0 heterocycles. The molecule has 0 aromatic heterocycles. The Morgan fingerprint density at radius 3 is 2.56 bits per heavy atom. The summed E-state index contributed by atoms with van der Waals surface area (Å²) in [6, 6.07) is -0.453. The fraction of sp³-hybridized carbons (Fsp3) is 0.733. The smallest absolute Gasteiger partial charge is 0.463 e. The van der Waals surface area contributed by atoms with Gasteiger partial charge in [0.1, 0.15) is 6.10 Å². The number of ether oxygens (including phenoxy) is 2. The molecule has 2 N–H and O–H groups in total. The van der Waals surface area contributed by atoms with Crippen molar-refractivity contribution in [1.29, 1.82) is 0 Å². The molecule has 0 amide bonds. The number of phosphoric acid groups is 1. The van der Waals surface area contributed by atoms with Crippen LogP contribution in [0.5, 0.6) is 0 Å². The predicted octanol–water partition coefficient (Wildman–Crippen LogP) is 1.72. The van der Waals surface area contributed by atoms with E-state index in [1.165, 1.54) is 13.0 Å². The van der Waals surface area contributed by atoms with Gasteiger partial charge in [-0.15, -0.1) is 6.58 Å². The zero-order chi connectivity index (χ0) is 19.1. The molecular weight excluding hydrogens is 351 g/mol. The lowest BCUT2D eigenvalue weighted by Crippen LogP contribution is -2.22. The summed E-state index contributed by atoms with van der Waals surface area (Å²) in [7, 11) is -3.74. The summed E-state index contributed by atoms with van der Waals surface area (Å²) in [6.45, 7) is 10.8. The Bertz CT molecular complexity index is 448. The molecule has 25 heavy (non-hydrogen) atoms. The second-order valence-electron chi connectivity index (χ2n) is 5.07. The van der Waals surface area contributed by atoms with Crippen molar-refractivity contribution in [3.05, 3.63) is 12.7 Å². The first-order valence-corrected chi connectivity index (χ1v) is 9.38. The summed E-state index contributed by atoms with van der Waals surface area (Å²) in [4.78, 5) is 14.7. The van der Waals surface area contributed by atoms with E-state index in [-0.39, 0.29) is 45.0 Å². The largest absolute Gasteiger partial charge is 0.475 e. The molecule has 0 spiro atoms. The SMILES string of the molecule is C=CCOP(=O)(OCCN)OC[C@@H](COCC[C@@H](C)OC(C)=O)N=C. The van der Waals surface area contributed by atoms with Crippen molar-refractivity contribution in [2.75, 3.05) is 39.6 Å². The molecule has 9 nitrogen and oxygen atoms in total. The summed E-state index contributed by atoms with van der Waals surface area (Å²) in [6.07, 6.45) is 1.74. The van der Waals surface area contributed by atoms with Crippen LogP contribution in [-0.2, 0) is 32.4 Å². The van der Waals surface area contributed by atoms with Gasteiger partial charge in [0.15, 0.2) is 0 Å². The zero-order valence-corrected chi connectivity index (χ0v) is 15.8. The van der Waals surface area contributed by atoms with Crippen LogP contribution in [0.25, 0.3) is 0 Å². The van der Waals surface area contributed by atoms with E-state index in [4.69, 9.17) is 28.8 Å². The predicted molar refractivity (Wildman–Crippen MR) is 94.7 cm³/mol. The van der Waals surface area contributed by atoms with E-state index in [0.29, 0.717) is 13.0 Å². The maximum absolute atomic E-state index is 12.4. The molecule has 146 valence electrons. The first kappa shape index (κ1) is 23.9. The second kappa shape index (κ2) is 14.1. The van der Waals surface area contributed by atoms with Gasteiger partial charge in [0, 0.05) is 19.9 Å². The third-order valence-corrected chi connectivity index (χ3v) is 4.18. The highest BCUT2D eigenvalue weighted by Crippen LogP contribution is 2.49. The maximum atomic E-state index is 12.4. The van der Waals surface area contributed by atoms with Crippen LogP contribution in [0.4, 0.5) is 0 Å². The van der Waals surface area contributed by atoms with Crippen molar-refractivity contribution < 1.29 is 32.4 Å². The normalized spacial score (nSPS) is 15.8. The van der Waals surface area contributed by atoms with Gasteiger partial charge in [0.25, 0.3) is 0 Å². The molecule has 0 aromatic carbocycles. The molecule has 10 heteroatoms. The molecule has 0 rings (SSSR count). The van der Waals surface area contributed by atoms with Gasteiger partial charge in [-0.3, -0.25) is 23.4 Å². The van der Waals surface area contributed by atoms with Gasteiger partial charge >= 0.3 is 13.8 Å². The van der Waals surface area contributed by atoms with Crippen LogP contribution in [0, 0.1) is 0 Å². The summed E-state index contributed by atoms with van der Waals surface area (Å²) in [5.41, 5.74) is 5.32. The molecule has 0 aliphatic heterocycles. The molecule has 1 unspecified atom stereocenters. The Labute approximate surface area is 149 Å². The topological polar surface area (TPSA) is 119 Å². The van der Waals surface area contributed by atoms with Crippen LogP contribution in [-0.4, -0.2) is 64.4 Å². The number of hydrogen-bond donors (Lipinski definition) is 1. The van der Waals surface area contributed by atoms with Crippen molar-refractivity contribution in [3.8, 4) is 0 Å². The fourth-order valence-corrected chi connectivity index (χ4v) is 2.76. The van der Waals surface area contributed by atoms with Crippen LogP contribution in [0.1, 0.15) is 20.3 Å². The quantitative estimate of drug-likeness (QED) is 0.141. The third-order valence-electron chi connectivity index (χ3n) is 2.75. The molecular formula is C15H29N2O7P. The Kier molecular flexibility index (Phi) is 13.5. The highest BCUT2D eigenvalue weighted by atomic mass is 31.2. The summed E-state index contributed by atoms with van der Waals surface area (Å²) < 4.78 is 38.1. The number of nitrogens with two attached hydrogens (primary N) is 1. The van der Waals surface area contributed by atoms with E-state index >= 15 is 0 Å². The van der Waals surface area contributed by atoms with E-state index in [9.17, 15) is 9.36 Å². The number of aliphatic imine (C=N–C) groups is 1. The maximum Gasteiger partial charge on any atom is 0.475 e. The minimum Gasteiger partial charge on any atom is -0.463 e. The van der Waals surface area contributed by atoms with Crippen LogP contribution < -0.4 is 5.73 Å². The number of hydrogen-bond acceptors (Lipinski definition) is 9. The first-order chi connectivity index (χ1) is 11.9. The molecule has 0 saturated carbocycles. The monoisotopic (exact) mass is 380 g/mol. The summed E-state index contributed by atoms with van der Waals surface area (Å²) >= 11 is 0. The second-order valence-corrected chi connectivity index (χ2v) is 6.74. The minimum atomic E-state index is -3.74. The molecule has 0 aliphatic carbocycles. The Morgan fingerprint density at radius 2 is 2.00 bits per heavy atom. The fourth-order valence-electron chi connectivity index (χ4n) is 1.56. The van der Waals surface area contributed by atoms with Crippen LogP contribution in [0.2, 0.25) is 0 Å². The van der Waals surface area contributed by atoms with Crippen LogP contribution in [0.3, 0.4) is 0 Å². The third kappa shape index (κ3) is 12.9. The average molecular weight is 380 g/mol. The van der Waals surface area contributed by atoms with Crippen LogP contribution in [0.15, 0.2) is 17.6 Å². The van der Waals surface area contributed by atoms with E-state index in [0.717, 1.165) is 0 Å². The van der Waals surface area contributed by atoms with E-state index in [1.54, 1.807) is 6.92 Å². The number of nitrogens with zero attached hydrogens (tertiary/aromatic N) is 1. The van der Waals surface area contributed by atoms with Gasteiger partial charge in [-0.25, -0.2) is 4.57 Å².